The third-order valence-corrected chi connectivity index (χ3v) is 6.99. The molecule has 0 bridgehead atoms. The summed E-state index contributed by atoms with van der Waals surface area (Å²) in [6, 6.07) is 22.6. The van der Waals surface area contributed by atoms with Crippen molar-refractivity contribution in [1.29, 1.82) is 0 Å². The van der Waals surface area contributed by atoms with Gasteiger partial charge in [-0.25, -0.2) is 0 Å². The fourth-order valence-electron chi connectivity index (χ4n) is 4.60. The summed E-state index contributed by atoms with van der Waals surface area (Å²) in [5.74, 6) is 1.89. The second-order valence-corrected chi connectivity index (χ2v) is 9.87. The smallest absolute Gasteiger partial charge is 0.243 e. The third kappa shape index (κ3) is 7.76. The van der Waals surface area contributed by atoms with Gasteiger partial charge < -0.3 is 24.4 Å². The minimum atomic E-state index is -0.666. The van der Waals surface area contributed by atoms with Crippen LogP contribution in [0.3, 0.4) is 0 Å². The molecule has 206 valence electrons. The van der Waals surface area contributed by atoms with Crippen LogP contribution in [-0.4, -0.2) is 49.1 Å². The molecule has 7 nitrogen and oxygen atoms in total. The van der Waals surface area contributed by atoms with Crippen LogP contribution in [0.4, 0.5) is 0 Å². The number of nitrogens with one attached hydrogen (secondary N) is 1. The fourth-order valence-corrected chi connectivity index (χ4v) is 4.60. The van der Waals surface area contributed by atoms with Crippen molar-refractivity contribution < 1.29 is 23.8 Å². The Balaban J connectivity index is 1.61. The van der Waals surface area contributed by atoms with E-state index in [1.807, 2.05) is 86.6 Å². The largest absolute Gasteiger partial charge is 0.497 e. The Morgan fingerprint density at radius 2 is 1.67 bits per heavy atom. The highest BCUT2D eigenvalue weighted by Crippen LogP contribution is 2.31. The molecule has 0 saturated heterocycles. The van der Waals surface area contributed by atoms with Gasteiger partial charge in [0.25, 0.3) is 0 Å². The number of nitrogens with zero attached hydrogens (tertiary/aromatic N) is 1. The second kappa shape index (κ2) is 13.7. The molecule has 2 atom stereocenters. The molecule has 0 unspecified atom stereocenters. The highest BCUT2D eigenvalue weighted by molar-refractivity contribution is 5.88. The summed E-state index contributed by atoms with van der Waals surface area (Å²) >= 11 is 0. The number of aryl methyl sites for hydroxylation is 1. The second-order valence-electron chi connectivity index (χ2n) is 9.87. The first kappa shape index (κ1) is 28.0. The van der Waals surface area contributed by atoms with Crippen molar-refractivity contribution >= 4 is 11.8 Å². The summed E-state index contributed by atoms with van der Waals surface area (Å²) < 4.78 is 16.8. The van der Waals surface area contributed by atoms with Crippen LogP contribution in [0.15, 0.2) is 72.8 Å². The van der Waals surface area contributed by atoms with Crippen molar-refractivity contribution in [3.05, 3.63) is 89.5 Å². The monoisotopic (exact) mass is 530 g/mol. The van der Waals surface area contributed by atoms with Gasteiger partial charge in [-0.15, -0.1) is 0 Å². The SMILES string of the molecule is CC[C@H](C)NC(=O)[C@H](Cc1ccccc1)N(Cc1cccc(OC)c1)C(=O)CCc1ccc2c(c1)OCCO2. The molecule has 2 amide bonds. The van der Waals surface area contributed by atoms with E-state index in [4.69, 9.17) is 14.2 Å². The molecular weight excluding hydrogens is 492 g/mol. The maximum absolute atomic E-state index is 13.9. The lowest BCUT2D eigenvalue weighted by molar-refractivity contribution is -0.141. The minimum absolute atomic E-state index is 0.00209. The molecule has 3 aromatic rings. The number of carbonyl (C=O) groups excluding carboxylic acids is 2. The van der Waals surface area contributed by atoms with Gasteiger partial charge >= 0.3 is 0 Å². The van der Waals surface area contributed by atoms with Gasteiger partial charge in [-0.2, -0.15) is 0 Å². The molecule has 4 rings (SSSR count). The highest BCUT2D eigenvalue weighted by Gasteiger charge is 2.31. The van der Waals surface area contributed by atoms with E-state index in [2.05, 4.69) is 5.32 Å². The van der Waals surface area contributed by atoms with Gasteiger partial charge in [0.15, 0.2) is 11.5 Å². The first-order valence-electron chi connectivity index (χ1n) is 13.6. The molecule has 0 spiro atoms. The maximum Gasteiger partial charge on any atom is 0.243 e. The van der Waals surface area contributed by atoms with Crippen LogP contribution < -0.4 is 19.5 Å². The summed E-state index contributed by atoms with van der Waals surface area (Å²) in [7, 11) is 1.62. The van der Waals surface area contributed by atoms with Crippen LogP contribution in [0.5, 0.6) is 17.2 Å². The molecule has 0 radical (unpaired) electrons. The predicted molar refractivity (Wildman–Crippen MR) is 151 cm³/mol. The van der Waals surface area contributed by atoms with E-state index in [0.29, 0.717) is 44.1 Å². The lowest BCUT2D eigenvalue weighted by Crippen LogP contribution is -2.52. The number of fused-ring (bicyclic) bond motifs is 1. The van der Waals surface area contributed by atoms with Gasteiger partial charge in [0, 0.05) is 25.4 Å². The maximum atomic E-state index is 13.9. The lowest BCUT2D eigenvalue weighted by atomic mass is 10.0. The van der Waals surface area contributed by atoms with Crippen LogP contribution >= 0.6 is 0 Å². The number of hydrogen-bond acceptors (Lipinski definition) is 5. The summed E-state index contributed by atoms with van der Waals surface area (Å²) in [6.45, 7) is 5.35. The zero-order valence-corrected chi connectivity index (χ0v) is 23.0. The topological polar surface area (TPSA) is 77.1 Å². The molecule has 0 aromatic heterocycles. The van der Waals surface area contributed by atoms with E-state index in [1.165, 1.54) is 0 Å². The highest BCUT2D eigenvalue weighted by atomic mass is 16.6. The number of rotatable bonds is 12. The van der Waals surface area contributed by atoms with E-state index in [1.54, 1.807) is 12.0 Å². The van der Waals surface area contributed by atoms with Crippen molar-refractivity contribution in [2.24, 2.45) is 0 Å². The summed E-state index contributed by atoms with van der Waals surface area (Å²) in [4.78, 5) is 29.3. The minimum Gasteiger partial charge on any atom is -0.497 e. The van der Waals surface area contributed by atoms with Crippen LogP contribution in [0, 0.1) is 0 Å². The quantitative estimate of drug-likeness (QED) is 0.358. The molecule has 3 aromatic carbocycles. The number of benzene rings is 3. The van der Waals surface area contributed by atoms with Crippen LogP contribution in [0.2, 0.25) is 0 Å². The number of amides is 2. The van der Waals surface area contributed by atoms with Gasteiger partial charge in [0.2, 0.25) is 11.8 Å². The molecule has 0 aliphatic carbocycles. The first-order valence-corrected chi connectivity index (χ1v) is 13.6. The summed E-state index contributed by atoms with van der Waals surface area (Å²) in [5, 5.41) is 3.11. The normalized spacial score (nSPS) is 13.7. The molecule has 0 fully saturated rings. The molecule has 0 saturated carbocycles. The standard InChI is InChI=1S/C32H38N2O5/c1-4-23(2)33-32(36)28(20-24-9-6-5-7-10-24)34(22-26-11-8-12-27(19-26)37-3)31(35)16-14-25-13-15-29-30(21-25)39-18-17-38-29/h5-13,15,19,21,23,28H,4,14,16-18,20,22H2,1-3H3,(H,33,36)/t23-,28-/m0/s1. The van der Waals surface area contributed by atoms with Crippen LogP contribution in [0.1, 0.15) is 43.4 Å². The Morgan fingerprint density at radius 3 is 2.41 bits per heavy atom. The Labute approximate surface area is 231 Å². The van der Waals surface area contributed by atoms with Crippen molar-refractivity contribution in [2.75, 3.05) is 20.3 Å². The predicted octanol–water partition coefficient (Wildman–Crippen LogP) is 4.95. The zero-order valence-electron chi connectivity index (χ0n) is 23.0. The molecule has 7 heteroatoms. The number of hydrogen-bond donors (Lipinski definition) is 1. The molecule has 1 aliphatic rings. The first-order chi connectivity index (χ1) is 19.0. The Morgan fingerprint density at radius 1 is 0.923 bits per heavy atom. The van der Waals surface area contributed by atoms with Gasteiger partial charge in [-0.05, 0) is 60.7 Å². The van der Waals surface area contributed by atoms with E-state index >= 15 is 0 Å². The van der Waals surface area contributed by atoms with Crippen LogP contribution in [0.25, 0.3) is 0 Å². The Hall–Kier alpha value is -4.00. The van der Waals surface area contributed by atoms with Gasteiger partial charge in [0.1, 0.15) is 25.0 Å². The van der Waals surface area contributed by atoms with Gasteiger partial charge in [-0.3, -0.25) is 9.59 Å². The number of methoxy groups -OCH3 is 1. The summed E-state index contributed by atoms with van der Waals surface area (Å²) in [5.41, 5.74) is 2.88. The Kier molecular flexibility index (Phi) is 9.84. The molecule has 39 heavy (non-hydrogen) atoms. The van der Waals surface area contributed by atoms with Crippen LogP contribution in [-0.2, 0) is 29.0 Å². The van der Waals surface area contributed by atoms with Gasteiger partial charge in [-0.1, -0.05) is 55.5 Å². The van der Waals surface area contributed by atoms with E-state index in [0.717, 1.165) is 28.9 Å². The molecule has 1 aliphatic heterocycles. The van der Waals surface area contributed by atoms with Crippen molar-refractivity contribution in [3.63, 3.8) is 0 Å². The third-order valence-electron chi connectivity index (χ3n) is 6.99. The molecule has 1 N–H and O–H groups in total. The van der Waals surface area contributed by atoms with Crippen molar-refractivity contribution in [2.45, 2.75) is 58.2 Å². The average Bonchev–Trinajstić information content (AvgIpc) is 2.98. The number of carbonyl (C=O) groups is 2. The number of ether oxygens (including phenoxy) is 3. The van der Waals surface area contributed by atoms with Crippen molar-refractivity contribution in [1.82, 2.24) is 10.2 Å². The Bertz CT molecular complexity index is 1250. The average molecular weight is 531 g/mol. The fraction of sp³-hybridized carbons (Fsp3) is 0.375. The lowest BCUT2D eigenvalue weighted by Gasteiger charge is -2.32. The summed E-state index contributed by atoms with van der Waals surface area (Å²) in [6.07, 6.45) is 2.00. The van der Waals surface area contributed by atoms with Gasteiger partial charge in [0.05, 0.1) is 7.11 Å². The molecular formula is C32H38N2O5. The zero-order chi connectivity index (χ0) is 27.6. The van der Waals surface area contributed by atoms with E-state index in [9.17, 15) is 9.59 Å². The molecule has 1 heterocycles. The van der Waals surface area contributed by atoms with E-state index in [-0.39, 0.29) is 24.3 Å². The van der Waals surface area contributed by atoms with Crippen molar-refractivity contribution in [3.8, 4) is 17.2 Å². The van der Waals surface area contributed by atoms with E-state index < -0.39 is 6.04 Å².